The molecule has 0 heterocycles. The lowest BCUT2D eigenvalue weighted by Crippen LogP contribution is -2.43. The average molecular weight is 291 g/mol. The van der Waals surface area contributed by atoms with Gasteiger partial charge in [0.05, 0.1) is 16.2 Å². The molecule has 0 bridgehead atoms. The second kappa shape index (κ2) is 5.05. The summed E-state index contributed by atoms with van der Waals surface area (Å²) in [6.45, 7) is 0.156. The Morgan fingerprint density at radius 1 is 1.32 bits per heavy atom. The van der Waals surface area contributed by atoms with Crippen LogP contribution < -0.4 is 5.32 Å². The van der Waals surface area contributed by atoms with Gasteiger partial charge >= 0.3 is 5.76 Å². The lowest BCUT2D eigenvalue weighted by Gasteiger charge is -2.37. The number of alkyl halides is 2. The number of sulfone groups is 1. The SMILES string of the molecule is O=S(=O)(c1ccccc1NCC1(O)CCC1)C(F)F. The number of para-hydroxylation sites is 1. The Balaban J connectivity index is 2.22. The number of rotatable bonds is 5. The van der Waals surface area contributed by atoms with Crippen LogP contribution in [-0.2, 0) is 9.84 Å². The highest BCUT2D eigenvalue weighted by Gasteiger charge is 2.35. The summed E-state index contributed by atoms with van der Waals surface area (Å²) in [4.78, 5) is -0.437. The van der Waals surface area contributed by atoms with Gasteiger partial charge in [-0.2, -0.15) is 8.78 Å². The molecule has 0 aromatic heterocycles. The lowest BCUT2D eigenvalue weighted by molar-refractivity contribution is -0.0202. The Morgan fingerprint density at radius 3 is 2.47 bits per heavy atom. The van der Waals surface area contributed by atoms with Crippen molar-refractivity contribution in [3.05, 3.63) is 24.3 Å². The third-order valence-corrected chi connectivity index (χ3v) is 4.76. The summed E-state index contributed by atoms with van der Waals surface area (Å²) in [7, 11) is -4.64. The van der Waals surface area contributed by atoms with Crippen LogP contribution in [0.4, 0.5) is 14.5 Å². The highest BCUT2D eigenvalue weighted by molar-refractivity contribution is 7.91. The summed E-state index contributed by atoms with van der Waals surface area (Å²) in [6.07, 6.45) is 2.17. The van der Waals surface area contributed by atoms with Crippen LogP contribution in [-0.4, -0.2) is 31.4 Å². The molecule has 0 amide bonds. The molecule has 0 spiro atoms. The van der Waals surface area contributed by atoms with Gasteiger partial charge in [0.15, 0.2) is 0 Å². The minimum Gasteiger partial charge on any atom is -0.388 e. The predicted molar refractivity (Wildman–Crippen MR) is 66.9 cm³/mol. The number of hydrogen-bond acceptors (Lipinski definition) is 4. The van der Waals surface area contributed by atoms with Crippen molar-refractivity contribution in [3.63, 3.8) is 0 Å². The molecule has 0 saturated heterocycles. The van der Waals surface area contributed by atoms with E-state index in [1.807, 2.05) is 0 Å². The van der Waals surface area contributed by atoms with Gasteiger partial charge in [-0.3, -0.25) is 0 Å². The van der Waals surface area contributed by atoms with E-state index in [4.69, 9.17) is 0 Å². The molecular formula is C12H15F2NO3S. The summed E-state index contributed by atoms with van der Waals surface area (Å²) in [5, 5.41) is 12.7. The molecule has 0 unspecified atom stereocenters. The molecule has 1 aliphatic rings. The minimum absolute atomic E-state index is 0.100. The molecule has 2 rings (SSSR count). The fourth-order valence-electron chi connectivity index (χ4n) is 1.98. The van der Waals surface area contributed by atoms with Gasteiger partial charge in [-0.1, -0.05) is 12.1 Å². The monoisotopic (exact) mass is 291 g/mol. The molecule has 19 heavy (non-hydrogen) atoms. The van der Waals surface area contributed by atoms with Crippen molar-refractivity contribution in [2.45, 2.75) is 35.5 Å². The normalized spacial score (nSPS) is 18.1. The van der Waals surface area contributed by atoms with E-state index in [0.717, 1.165) is 12.5 Å². The van der Waals surface area contributed by atoms with E-state index in [1.165, 1.54) is 12.1 Å². The van der Waals surface area contributed by atoms with E-state index in [0.29, 0.717) is 12.8 Å². The largest absolute Gasteiger partial charge is 0.388 e. The van der Waals surface area contributed by atoms with Gasteiger partial charge in [0.1, 0.15) is 0 Å². The van der Waals surface area contributed by atoms with Crippen LogP contribution in [0.2, 0.25) is 0 Å². The van der Waals surface area contributed by atoms with Crippen molar-refractivity contribution >= 4 is 15.5 Å². The molecular weight excluding hydrogens is 276 g/mol. The van der Waals surface area contributed by atoms with Crippen molar-refractivity contribution in [2.24, 2.45) is 0 Å². The first kappa shape index (κ1) is 14.2. The van der Waals surface area contributed by atoms with Gasteiger partial charge < -0.3 is 10.4 Å². The van der Waals surface area contributed by atoms with Crippen LogP contribution in [0, 0.1) is 0 Å². The quantitative estimate of drug-likeness (QED) is 0.871. The van der Waals surface area contributed by atoms with Gasteiger partial charge in [0, 0.05) is 6.54 Å². The molecule has 1 aromatic carbocycles. The molecule has 7 heteroatoms. The number of benzene rings is 1. The molecule has 1 aromatic rings. The first-order valence-electron chi connectivity index (χ1n) is 5.92. The summed E-state index contributed by atoms with van der Waals surface area (Å²) < 4.78 is 48.1. The Hall–Kier alpha value is -1.21. The van der Waals surface area contributed by atoms with E-state index in [-0.39, 0.29) is 12.2 Å². The maximum atomic E-state index is 12.6. The van der Waals surface area contributed by atoms with Crippen molar-refractivity contribution in [2.75, 3.05) is 11.9 Å². The Morgan fingerprint density at radius 2 is 1.95 bits per heavy atom. The zero-order valence-corrected chi connectivity index (χ0v) is 11.0. The van der Waals surface area contributed by atoms with Crippen LogP contribution in [0.5, 0.6) is 0 Å². The molecule has 0 atom stereocenters. The molecule has 2 N–H and O–H groups in total. The van der Waals surface area contributed by atoms with Gasteiger partial charge in [-0.15, -0.1) is 0 Å². The molecule has 0 radical (unpaired) electrons. The number of aliphatic hydroxyl groups is 1. The zero-order valence-electron chi connectivity index (χ0n) is 10.1. The maximum absolute atomic E-state index is 12.6. The van der Waals surface area contributed by atoms with Gasteiger partial charge in [-0.25, -0.2) is 8.42 Å². The van der Waals surface area contributed by atoms with Crippen LogP contribution in [0.25, 0.3) is 0 Å². The van der Waals surface area contributed by atoms with Crippen LogP contribution >= 0.6 is 0 Å². The average Bonchev–Trinajstić information content (AvgIpc) is 2.34. The first-order valence-corrected chi connectivity index (χ1v) is 7.47. The number of anilines is 1. The summed E-state index contributed by atoms with van der Waals surface area (Å²) in [6, 6.07) is 5.49. The molecule has 106 valence electrons. The number of hydrogen-bond donors (Lipinski definition) is 2. The smallest absolute Gasteiger partial charge is 0.341 e. The molecule has 1 fully saturated rings. The molecule has 4 nitrogen and oxygen atoms in total. The maximum Gasteiger partial charge on any atom is 0.341 e. The van der Waals surface area contributed by atoms with E-state index in [1.54, 1.807) is 6.07 Å². The van der Waals surface area contributed by atoms with Gasteiger partial charge in [-0.05, 0) is 31.4 Å². The Bertz CT molecular complexity index is 556. The molecule has 1 aliphatic carbocycles. The van der Waals surface area contributed by atoms with Gasteiger partial charge in [0.2, 0.25) is 9.84 Å². The summed E-state index contributed by atoms with van der Waals surface area (Å²) >= 11 is 0. The minimum atomic E-state index is -4.64. The first-order chi connectivity index (χ1) is 8.85. The fraction of sp³-hybridized carbons (Fsp3) is 0.500. The van der Waals surface area contributed by atoms with Crippen LogP contribution in [0.15, 0.2) is 29.2 Å². The standard InChI is InChI=1S/C12H15F2NO3S/c13-11(14)19(17,18)10-5-2-1-4-9(10)15-8-12(16)6-3-7-12/h1-2,4-5,11,15-16H,3,6-8H2. The zero-order chi connectivity index (χ0) is 14.1. The van der Waals surface area contributed by atoms with Crippen molar-refractivity contribution in [1.29, 1.82) is 0 Å². The second-order valence-electron chi connectivity index (χ2n) is 4.73. The Kier molecular flexibility index (Phi) is 3.78. The van der Waals surface area contributed by atoms with E-state index >= 15 is 0 Å². The lowest BCUT2D eigenvalue weighted by atomic mass is 9.80. The van der Waals surface area contributed by atoms with E-state index in [2.05, 4.69) is 5.32 Å². The summed E-state index contributed by atoms with van der Waals surface area (Å²) in [5.74, 6) is -3.46. The van der Waals surface area contributed by atoms with Crippen LogP contribution in [0.1, 0.15) is 19.3 Å². The molecule has 0 aliphatic heterocycles. The highest BCUT2D eigenvalue weighted by Crippen LogP contribution is 2.33. The summed E-state index contributed by atoms with van der Waals surface area (Å²) in [5.41, 5.74) is -0.759. The van der Waals surface area contributed by atoms with E-state index in [9.17, 15) is 22.3 Å². The van der Waals surface area contributed by atoms with Gasteiger partial charge in [0.25, 0.3) is 0 Å². The second-order valence-corrected chi connectivity index (χ2v) is 6.62. The Labute approximate surface area is 110 Å². The fourth-order valence-corrected chi connectivity index (χ4v) is 2.89. The predicted octanol–water partition coefficient (Wildman–Crippen LogP) is 2.01. The number of halogens is 2. The molecule has 1 saturated carbocycles. The third kappa shape index (κ3) is 2.87. The van der Waals surface area contributed by atoms with Crippen molar-refractivity contribution in [3.8, 4) is 0 Å². The highest BCUT2D eigenvalue weighted by atomic mass is 32.2. The van der Waals surface area contributed by atoms with Crippen LogP contribution in [0.3, 0.4) is 0 Å². The topological polar surface area (TPSA) is 66.4 Å². The number of nitrogens with one attached hydrogen (secondary N) is 1. The van der Waals surface area contributed by atoms with Crippen molar-refractivity contribution in [1.82, 2.24) is 0 Å². The van der Waals surface area contributed by atoms with Crippen molar-refractivity contribution < 1.29 is 22.3 Å². The third-order valence-electron chi connectivity index (χ3n) is 3.32. The van der Waals surface area contributed by atoms with E-state index < -0.39 is 26.1 Å².